The fourth-order valence-corrected chi connectivity index (χ4v) is 3.02. The molecule has 1 N–H and O–H groups in total. The zero-order valence-corrected chi connectivity index (χ0v) is 9.65. The Bertz CT molecular complexity index is 166. The van der Waals surface area contributed by atoms with Gasteiger partial charge in [0.05, 0.1) is 0 Å². The van der Waals surface area contributed by atoms with E-state index in [1.165, 1.54) is 64.5 Å². The standard InChI is InChI=1S/C13H25N/c1-2-13(8-3-4-9-13)11-14-10-12-6-5-7-12/h12,14H,2-11H2,1H3. The number of rotatable bonds is 5. The summed E-state index contributed by atoms with van der Waals surface area (Å²) in [6, 6.07) is 0. The van der Waals surface area contributed by atoms with Crippen molar-refractivity contribution < 1.29 is 0 Å². The maximum Gasteiger partial charge on any atom is 0.000782 e. The fourth-order valence-electron chi connectivity index (χ4n) is 3.02. The molecule has 1 nitrogen and oxygen atoms in total. The zero-order chi connectivity index (χ0) is 9.86. The predicted octanol–water partition coefficient (Wildman–Crippen LogP) is 3.35. The van der Waals surface area contributed by atoms with Crippen LogP contribution in [0.3, 0.4) is 0 Å². The Morgan fingerprint density at radius 3 is 2.36 bits per heavy atom. The molecular formula is C13H25N. The molecule has 0 heterocycles. The van der Waals surface area contributed by atoms with E-state index in [1.54, 1.807) is 0 Å². The molecule has 0 radical (unpaired) electrons. The Balaban J connectivity index is 1.66. The minimum atomic E-state index is 0.684. The molecular weight excluding hydrogens is 170 g/mol. The summed E-state index contributed by atoms with van der Waals surface area (Å²) in [5, 5.41) is 3.72. The van der Waals surface area contributed by atoms with Crippen molar-refractivity contribution in [1.82, 2.24) is 5.32 Å². The summed E-state index contributed by atoms with van der Waals surface area (Å²) in [4.78, 5) is 0. The highest BCUT2D eigenvalue weighted by Gasteiger charge is 2.31. The number of hydrogen-bond acceptors (Lipinski definition) is 1. The van der Waals surface area contributed by atoms with Gasteiger partial charge in [-0.15, -0.1) is 0 Å². The third-order valence-electron chi connectivity index (χ3n) is 4.57. The minimum absolute atomic E-state index is 0.684. The molecule has 82 valence electrons. The monoisotopic (exact) mass is 195 g/mol. The second-order valence-electron chi connectivity index (χ2n) is 5.49. The first-order valence-corrected chi connectivity index (χ1v) is 6.55. The van der Waals surface area contributed by atoms with Gasteiger partial charge in [0.2, 0.25) is 0 Å². The van der Waals surface area contributed by atoms with Crippen LogP contribution in [0.25, 0.3) is 0 Å². The van der Waals surface area contributed by atoms with Crippen molar-refractivity contribution in [2.24, 2.45) is 11.3 Å². The van der Waals surface area contributed by atoms with Gasteiger partial charge in [0.1, 0.15) is 0 Å². The van der Waals surface area contributed by atoms with Crippen molar-refractivity contribution in [1.29, 1.82) is 0 Å². The van der Waals surface area contributed by atoms with Crippen LogP contribution in [0, 0.1) is 11.3 Å². The molecule has 0 spiro atoms. The molecule has 0 aromatic carbocycles. The fraction of sp³-hybridized carbons (Fsp3) is 1.00. The third kappa shape index (κ3) is 2.31. The second kappa shape index (κ2) is 4.65. The smallest absolute Gasteiger partial charge is 0.000782 e. The van der Waals surface area contributed by atoms with Gasteiger partial charge in [-0.05, 0) is 50.0 Å². The second-order valence-corrected chi connectivity index (χ2v) is 5.49. The summed E-state index contributed by atoms with van der Waals surface area (Å²) in [6.07, 6.45) is 11.7. The van der Waals surface area contributed by atoms with E-state index in [4.69, 9.17) is 0 Å². The average molecular weight is 195 g/mol. The molecule has 0 bridgehead atoms. The third-order valence-corrected chi connectivity index (χ3v) is 4.57. The summed E-state index contributed by atoms with van der Waals surface area (Å²) in [7, 11) is 0. The molecule has 0 atom stereocenters. The molecule has 1 heteroatoms. The largest absolute Gasteiger partial charge is 0.316 e. The minimum Gasteiger partial charge on any atom is -0.316 e. The lowest BCUT2D eigenvalue weighted by Crippen LogP contribution is -2.36. The van der Waals surface area contributed by atoms with Gasteiger partial charge in [-0.1, -0.05) is 26.2 Å². The molecule has 0 unspecified atom stereocenters. The van der Waals surface area contributed by atoms with E-state index in [0.29, 0.717) is 5.41 Å². The Kier molecular flexibility index (Phi) is 3.48. The van der Waals surface area contributed by atoms with Crippen LogP contribution in [0.15, 0.2) is 0 Å². The van der Waals surface area contributed by atoms with E-state index in [1.807, 2.05) is 0 Å². The van der Waals surface area contributed by atoms with E-state index < -0.39 is 0 Å². The summed E-state index contributed by atoms with van der Waals surface area (Å²) in [5.41, 5.74) is 0.684. The van der Waals surface area contributed by atoms with E-state index in [9.17, 15) is 0 Å². The van der Waals surface area contributed by atoms with Crippen molar-refractivity contribution in [3.05, 3.63) is 0 Å². The molecule has 14 heavy (non-hydrogen) atoms. The molecule has 0 aliphatic heterocycles. The highest BCUT2D eigenvalue weighted by atomic mass is 14.9. The number of nitrogens with one attached hydrogen (secondary N) is 1. The van der Waals surface area contributed by atoms with Crippen molar-refractivity contribution in [3.63, 3.8) is 0 Å². The van der Waals surface area contributed by atoms with E-state index in [2.05, 4.69) is 12.2 Å². The van der Waals surface area contributed by atoms with Gasteiger partial charge in [0, 0.05) is 6.54 Å². The van der Waals surface area contributed by atoms with Crippen LogP contribution >= 0.6 is 0 Å². The zero-order valence-electron chi connectivity index (χ0n) is 9.65. The van der Waals surface area contributed by atoms with Crippen LogP contribution in [0.4, 0.5) is 0 Å². The van der Waals surface area contributed by atoms with E-state index >= 15 is 0 Å². The molecule has 2 saturated carbocycles. The van der Waals surface area contributed by atoms with Gasteiger partial charge < -0.3 is 5.32 Å². The van der Waals surface area contributed by atoms with Crippen LogP contribution < -0.4 is 5.32 Å². The summed E-state index contributed by atoms with van der Waals surface area (Å²) in [5.74, 6) is 1.02. The summed E-state index contributed by atoms with van der Waals surface area (Å²) >= 11 is 0. The maximum absolute atomic E-state index is 3.72. The van der Waals surface area contributed by atoms with Crippen LogP contribution in [0.1, 0.15) is 58.3 Å². The topological polar surface area (TPSA) is 12.0 Å². The van der Waals surface area contributed by atoms with Crippen molar-refractivity contribution in [3.8, 4) is 0 Å². The first kappa shape index (κ1) is 10.5. The van der Waals surface area contributed by atoms with E-state index in [-0.39, 0.29) is 0 Å². The van der Waals surface area contributed by atoms with Crippen LogP contribution in [-0.2, 0) is 0 Å². The van der Waals surface area contributed by atoms with Gasteiger partial charge in [-0.25, -0.2) is 0 Å². The average Bonchev–Trinajstić information content (AvgIpc) is 2.59. The molecule has 0 aromatic rings. The summed E-state index contributed by atoms with van der Waals surface area (Å²) in [6.45, 7) is 4.96. The van der Waals surface area contributed by atoms with Crippen molar-refractivity contribution in [2.75, 3.05) is 13.1 Å². The Hall–Kier alpha value is -0.0400. The van der Waals surface area contributed by atoms with Gasteiger partial charge in [-0.2, -0.15) is 0 Å². The lowest BCUT2D eigenvalue weighted by Gasteiger charge is -2.31. The Morgan fingerprint density at radius 1 is 1.14 bits per heavy atom. The quantitative estimate of drug-likeness (QED) is 0.709. The predicted molar refractivity (Wildman–Crippen MR) is 61.4 cm³/mol. The molecule has 2 aliphatic carbocycles. The van der Waals surface area contributed by atoms with Gasteiger partial charge >= 0.3 is 0 Å². The van der Waals surface area contributed by atoms with Gasteiger partial charge in [-0.3, -0.25) is 0 Å². The Morgan fingerprint density at radius 2 is 1.86 bits per heavy atom. The molecule has 2 rings (SSSR count). The maximum atomic E-state index is 3.72. The molecule has 0 aromatic heterocycles. The SMILES string of the molecule is CCC1(CNCC2CCC2)CCCC1. The first-order valence-electron chi connectivity index (χ1n) is 6.55. The molecule has 0 saturated heterocycles. The van der Waals surface area contributed by atoms with Crippen LogP contribution in [-0.4, -0.2) is 13.1 Å². The highest BCUT2D eigenvalue weighted by Crippen LogP contribution is 2.40. The lowest BCUT2D eigenvalue weighted by atomic mass is 9.82. The molecule has 0 amide bonds. The lowest BCUT2D eigenvalue weighted by molar-refractivity contribution is 0.239. The normalized spacial score (nSPS) is 26.4. The first-order chi connectivity index (χ1) is 6.85. The number of hydrogen-bond donors (Lipinski definition) is 1. The Labute approximate surface area is 88.7 Å². The van der Waals surface area contributed by atoms with Crippen molar-refractivity contribution in [2.45, 2.75) is 58.3 Å². The van der Waals surface area contributed by atoms with Crippen molar-refractivity contribution >= 4 is 0 Å². The van der Waals surface area contributed by atoms with Gasteiger partial charge in [0.15, 0.2) is 0 Å². The van der Waals surface area contributed by atoms with Crippen LogP contribution in [0.2, 0.25) is 0 Å². The highest BCUT2D eigenvalue weighted by molar-refractivity contribution is 4.86. The van der Waals surface area contributed by atoms with Crippen LogP contribution in [0.5, 0.6) is 0 Å². The summed E-state index contributed by atoms with van der Waals surface area (Å²) < 4.78 is 0. The molecule has 2 aliphatic rings. The van der Waals surface area contributed by atoms with Gasteiger partial charge in [0.25, 0.3) is 0 Å². The molecule has 2 fully saturated rings. The van der Waals surface area contributed by atoms with E-state index in [0.717, 1.165) is 5.92 Å².